The predicted molar refractivity (Wildman–Crippen MR) is 56.8 cm³/mol. The topological polar surface area (TPSA) is 70.7 Å². The lowest BCUT2D eigenvalue weighted by Crippen LogP contribution is -2.38. The van der Waals surface area contributed by atoms with Gasteiger partial charge in [0.1, 0.15) is 5.56 Å². The third-order valence-corrected chi connectivity index (χ3v) is 2.75. The van der Waals surface area contributed by atoms with Crippen LogP contribution in [0.5, 0.6) is 0 Å². The molecular formula is C10H10N4O2. The lowest BCUT2D eigenvalue weighted by molar-refractivity contribution is 0.0699. The molecule has 0 bridgehead atoms. The van der Waals surface area contributed by atoms with Crippen molar-refractivity contribution in [3.63, 3.8) is 0 Å². The largest absolute Gasteiger partial charge is 0.477 e. The van der Waals surface area contributed by atoms with Gasteiger partial charge in [0.05, 0.1) is 0 Å². The fraction of sp³-hybridized carbons (Fsp3) is 0.300. The van der Waals surface area contributed by atoms with Crippen LogP contribution >= 0.6 is 0 Å². The van der Waals surface area contributed by atoms with Gasteiger partial charge in [-0.3, -0.25) is 0 Å². The van der Waals surface area contributed by atoms with Crippen LogP contribution in [0.4, 0.5) is 5.82 Å². The Morgan fingerprint density at radius 1 is 1.44 bits per heavy atom. The summed E-state index contributed by atoms with van der Waals surface area (Å²) in [5.41, 5.74) is 0.595. The van der Waals surface area contributed by atoms with E-state index in [2.05, 4.69) is 10.1 Å². The molecule has 2 aromatic heterocycles. The first-order valence-electron chi connectivity index (χ1n) is 5.09. The Morgan fingerprint density at radius 3 is 2.88 bits per heavy atom. The van der Waals surface area contributed by atoms with Gasteiger partial charge in [0, 0.05) is 25.5 Å². The molecule has 6 nitrogen and oxygen atoms in total. The number of hydrogen-bond donors (Lipinski definition) is 1. The van der Waals surface area contributed by atoms with Crippen LogP contribution in [0.25, 0.3) is 5.65 Å². The maximum absolute atomic E-state index is 11.2. The standard InChI is InChI=1S/C10H10N4O2/c15-10(16)7-8-11-3-1-6-14(8)12-9(7)13-4-2-5-13/h1,3,6H,2,4-5H2,(H,15,16). The molecule has 0 radical (unpaired) electrons. The van der Waals surface area contributed by atoms with Gasteiger partial charge in [0.25, 0.3) is 0 Å². The Balaban J connectivity index is 2.25. The molecule has 82 valence electrons. The molecule has 0 spiro atoms. The molecule has 0 unspecified atom stereocenters. The normalized spacial score (nSPS) is 15.1. The summed E-state index contributed by atoms with van der Waals surface area (Å²) in [6.45, 7) is 1.73. The second-order valence-corrected chi connectivity index (χ2v) is 3.73. The van der Waals surface area contributed by atoms with Crippen molar-refractivity contribution in [2.75, 3.05) is 18.0 Å². The summed E-state index contributed by atoms with van der Waals surface area (Å²) in [5, 5.41) is 13.5. The number of carboxylic acid groups (broad SMARTS) is 1. The molecule has 6 heteroatoms. The van der Waals surface area contributed by atoms with Gasteiger partial charge >= 0.3 is 5.97 Å². The van der Waals surface area contributed by atoms with E-state index in [-0.39, 0.29) is 5.56 Å². The van der Waals surface area contributed by atoms with Gasteiger partial charge in [-0.2, -0.15) is 0 Å². The van der Waals surface area contributed by atoms with E-state index < -0.39 is 5.97 Å². The van der Waals surface area contributed by atoms with E-state index in [0.717, 1.165) is 19.5 Å². The predicted octanol–water partition coefficient (Wildman–Crippen LogP) is 0.638. The summed E-state index contributed by atoms with van der Waals surface area (Å²) in [5.74, 6) is -0.451. The van der Waals surface area contributed by atoms with Crippen LogP contribution in [-0.2, 0) is 0 Å². The number of aromatic carboxylic acids is 1. The van der Waals surface area contributed by atoms with Gasteiger partial charge in [0.2, 0.25) is 0 Å². The fourth-order valence-electron chi connectivity index (χ4n) is 1.82. The number of hydrogen-bond acceptors (Lipinski definition) is 4. The summed E-state index contributed by atoms with van der Waals surface area (Å²) in [7, 11) is 0. The minimum Gasteiger partial charge on any atom is -0.477 e. The highest BCUT2D eigenvalue weighted by atomic mass is 16.4. The van der Waals surface area contributed by atoms with Crippen LogP contribution in [0.3, 0.4) is 0 Å². The van der Waals surface area contributed by atoms with E-state index in [1.54, 1.807) is 18.5 Å². The quantitative estimate of drug-likeness (QED) is 0.800. The van der Waals surface area contributed by atoms with E-state index in [0.29, 0.717) is 11.5 Å². The van der Waals surface area contributed by atoms with Gasteiger partial charge in [-0.1, -0.05) is 0 Å². The average Bonchev–Trinajstić information content (AvgIpc) is 2.53. The maximum atomic E-state index is 11.2. The number of aromatic nitrogens is 3. The third kappa shape index (κ3) is 1.16. The number of carbonyl (C=O) groups is 1. The number of carboxylic acids is 1. The number of nitrogens with zero attached hydrogens (tertiary/aromatic N) is 4. The van der Waals surface area contributed by atoms with E-state index in [1.165, 1.54) is 4.52 Å². The van der Waals surface area contributed by atoms with Crippen molar-refractivity contribution < 1.29 is 9.90 Å². The molecule has 1 fully saturated rings. The van der Waals surface area contributed by atoms with Gasteiger partial charge in [-0.05, 0) is 12.5 Å². The third-order valence-electron chi connectivity index (χ3n) is 2.75. The summed E-state index contributed by atoms with van der Waals surface area (Å²) in [4.78, 5) is 17.2. The van der Waals surface area contributed by atoms with Crippen LogP contribution in [0.1, 0.15) is 16.8 Å². The molecule has 0 aliphatic carbocycles. The zero-order valence-corrected chi connectivity index (χ0v) is 8.50. The van der Waals surface area contributed by atoms with Gasteiger partial charge < -0.3 is 10.0 Å². The minimum atomic E-state index is -0.976. The van der Waals surface area contributed by atoms with Crippen LogP contribution in [0.15, 0.2) is 18.5 Å². The SMILES string of the molecule is O=C(O)c1c(N2CCC2)nn2cccnc12. The highest BCUT2D eigenvalue weighted by molar-refractivity contribution is 6.00. The molecule has 0 atom stereocenters. The second-order valence-electron chi connectivity index (χ2n) is 3.73. The van der Waals surface area contributed by atoms with E-state index >= 15 is 0 Å². The Morgan fingerprint density at radius 2 is 2.25 bits per heavy atom. The van der Waals surface area contributed by atoms with Gasteiger partial charge in [0.15, 0.2) is 11.5 Å². The van der Waals surface area contributed by atoms with Crippen molar-refractivity contribution >= 4 is 17.4 Å². The first-order chi connectivity index (χ1) is 7.77. The second kappa shape index (κ2) is 3.19. The smallest absolute Gasteiger partial charge is 0.343 e. The molecule has 1 aliphatic rings. The molecule has 2 aromatic rings. The van der Waals surface area contributed by atoms with Crippen LogP contribution in [0, 0.1) is 0 Å². The zero-order chi connectivity index (χ0) is 11.1. The Bertz CT molecular complexity index is 559. The molecule has 1 N–H and O–H groups in total. The molecule has 0 aromatic carbocycles. The Labute approximate surface area is 91.1 Å². The van der Waals surface area contributed by atoms with Crippen molar-refractivity contribution in [3.05, 3.63) is 24.0 Å². The van der Waals surface area contributed by atoms with Crippen molar-refractivity contribution in [3.8, 4) is 0 Å². The number of rotatable bonds is 2. The first kappa shape index (κ1) is 9.14. The van der Waals surface area contributed by atoms with E-state index in [4.69, 9.17) is 0 Å². The summed E-state index contributed by atoms with van der Waals surface area (Å²) in [6.07, 6.45) is 4.36. The van der Waals surface area contributed by atoms with Gasteiger partial charge in [-0.25, -0.2) is 14.3 Å². The van der Waals surface area contributed by atoms with Crippen LogP contribution in [-0.4, -0.2) is 38.8 Å². The highest BCUT2D eigenvalue weighted by Crippen LogP contribution is 2.26. The zero-order valence-electron chi connectivity index (χ0n) is 8.50. The molecule has 1 aliphatic heterocycles. The molecule has 1 saturated heterocycles. The monoisotopic (exact) mass is 218 g/mol. The van der Waals surface area contributed by atoms with E-state index in [1.807, 2.05) is 4.90 Å². The average molecular weight is 218 g/mol. The van der Waals surface area contributed by atoms with Crippen molar-refractivity contribution in [2.24, 2.45) is 0 Å². The lowest BCUT2D eigenvalue weighted by Gasteiger charge is -2.31. The molecule has 3 rings (SSSR count). The first-order valence-corrected chi connectivity index (χ1v) is 5.09. The van der Waals surface area contributed by atoms with Crippen LogP contribution in [0.2, 0.25) is 0 Å². The van der Waals surface area contributed by atoms with Crippen LogP contribution < -0.4 is 4.90 Å². The highest BCUT2D eigenvalue weighted by Gasteiger charge is 2.27. The molecular weight excluding hydrogens is 208 g/mol. The van der Waals surface area contributed by atoms with Crippen molar-refractivity contribution in [2.45, 2.75) is 6.42 Å². The summed E-state index contributed by atoms with van der Waals surface area (Å²) in [6, 6.07) is 1.73. The van der Waals surface area contributed by atoms with E-state index in [9.17, 15) is 9.90 Å². The van der Waals surface area contributed by atoms with Crippen molar-refractivity contribution in [1.29, 1.82) is 0 Å². The van der Waals surface area contributed by atoms with Gasteiger partial charge in [-0.15, -0.1) is 5.10 Å². The summed E-state index contributed by atoms with van der Waals surface area (Å²) >= 11 is 0. The fourth-order valence-corrected chi connectivity index (χ4v) is 1.82. The number of anilines is 1. The Kier molecular flexibility index (Phi) is 1.82. The van der Waals surface area contributed by atoms with Crippen molar-refractivity contribution in [1.82, 2.24) is 14.6 Å². The molecule has 0 saturated carbocycles. The molecule has 16 heavy (non-hydrogen) atoms. The summed E-state index contributed by atoms with van der Waals surface area (Å²) < 4.78 is 1.51. The molecule has 0 amide bonds. The Hall–Kier alpha value is -2.11. The minimum absolute atomic E-state index is 0.195. The number of fused-ring (bicyclic) bond motifs is 1. The lowest BCUT2D eigenvalue weighted by atomic mass is 10.2. The molecule has 3 heterocycles. The maximum Gasteiger partial charge on any atom is 0.343 e.